The summed E-state index contributed by atoms with van der Waals surface area (Å²) < 4.78 is 38.5. The first-order chi connectivity index (χ1) is 13.0. The molecule has 0 spiro atoms. The van der Waals surface area contributed by atoms with Crippen molar-refractivity contribution in [1.29, 1.82) is 0 Å². The standard InChI is InChI=1S/C19H29F3N4O2/c1-11(2)12(3)5-6-13(4)26-9-14(18(28)15(27)10-26)24-17-8-23-7-16(25-17)19(20,21)22/h5-8,11-15,18,27-28H,9-10H2,1-4H3,(H,24,25)/b6-5-/t12?,13?,14-,15-,18+/m0/s1. The summed E-state index contributed by atoms with van der Waals surface area (Å²) in [5.41, 5.74) is -1.11. The second-order valence-corrected chi connectivity index (χ2v) is 7.78. The Morgan fingerprint density at radius 1 is 1.14 bits per heavy atom. The number of β-amino-alcohol motifs (C(OH)–C–C–N with tert-alkyl or cyclic N) is 1. The molecule has 0 radical (unpaired) electrons. The van der Waals surface area contributed by atoms with Gasteiger partial charge in [0.15, 0.2) is 5.69 Å². The fourth-order valence-corrected chi connectivity index (χ4v) is 2.96. The maximum atomic E-state index is 12.8. The van der Waals surface area contributed by atoms with Crippen LogP contribution >= 0.6 is 0 Å². The van der Waals surface area contributed by atoms with E-state index in [1.807, 2.05) is 11.8 Å². The lowest BCUT2D eigenvalue weighted by atomic mass is 9.95. The molecule has 158 valence electrons. The van der Waals surface area contributed by atoms with E-state index in [1.165, 1.54) is 6.20 Å². The Labute approximate surface area is 163 Å². The third-order valence-electron chi connectivity index (χ3n) is 5.24. The molecule has 0 aromatic carbocycles. The predicted molar refractivity (Wildman–Crippen MR) is 101 cm³/mol. The molecule has 1 fully saturated rings. The summed E-state index contributed by atoms with van der Waals surface area (Å²) in [4.78, 5) is 9.06. The van der Waals surface area contributed by atoms with E-state index in [9.17, 15) is 23.4 Å². The molecule has 5 atom stereocenters. The Morgan fingerprint density at radius 3 is 2.43 bits per heavy atom. The van der Waals surface area contributed by atoms with Crippen molar-refractivity contribution >= 4 is 5.82 Å². The van der Waals surface area contributed by atoms with Crippen molar-refractivity contribution in [2.24, 2.45) is 11.8 Å². The maximum absolute atomic E-state index is 12.8. The number of allylic oxidation sites excluding steroid dienone is 1. The highest BCUT2D eigenvalue weighted by molar-refractivity contribution is 5.35. The van der Waals surface area contributed by atoms with Crippen LogP contribution in [-0.4, -0.2) is 62.5 Å². The monoisotopic (exact) mass is 402 g/mol. The van der Waals surface area contributed by atoms with Gasteiger partial charge in [-0.3, -0.25) is 9.88 Å². The van der Waals surface area contributed by atoms with Gasteiger partial charge < -0.3 is 15.5 Å². The first-order valence-corrected chi connectivity index (χ1v) is 9.43. The number of likely N-dealkylation sites (tertiary alicyclic amines) is 1. The number of piperidine rings is 1. The minimum absolute atomic E-state index is 0.000226. The third kappa shape index (κ3) is 5.89. The molecular weight excluding hydrogens is 373 g/mol. The van der Waals surface area contributed by atoms with Crippen molar-refractivity contribution in [3.05, 3.63) is 30.2 Å². The molecule has 28 heavy (non-hydrogen) atoms. The van der Waals surface area contributed by atoms with Gasteiger partial charge in [-0.15, -0.1) is 0 Å². The van der Waals surface area contributed by atoms with E-state index >= 15 is 0 Å². The summed E-state index contributed by atoms with van der Waals surface area (Å²) in [6.07, 6.45) is -0.771. The Balaban J connectivity index is 2.10. The first kappa shape index (κ1) is 22.6. The third-order valence-corrected chi connectivity index (χ3v) is 5.24. The molecule has 1 aromatic rings. The van der Waals surface area contributed by atoms with Gasteiger partial charge in [-0.1, -0.05) is 32.9 Å². The first-order valence-electron chi connectivity index (χ1n) is 9.43. The van der Waals surface area contributed by atoms with Crippen LogP contribution in [0.1, 0.15) is 33.4 Å². The van der Waals surface area contributed by atoms with Crippen LogP contribution in [0.25, 0.3) is 0 Å². The van der Waals surface area contributed by atoms with Crippen LogP contribution in [0.4, 0.5) is 19.0 Å². The average Bonchev–Trinajstić information content (AvgIpc) is 2.62. The topological polar surface area (TPSA) is 81.5 Å². The van der Waals surface area contributed by atoms with E-state index in [2.05, 4.69) is 48.2 Å². The minimum Gasteiger partial charge on any atom is -0.389 e. The van der Waals surface area contributed by atoms with Gasteiger partial charge in [-0.25, -0.2) is 4.98 Å². The lowest BCUT2D eigenvalue weighted by Gasteiger charge is -2.41. The molecule has 1 aromatic heterocycles. The Kier molecular flexibility index (Phi) is 7.41. The molecule has 2 rings (SSSR count). The maximum Gasteiger partial charge on any atom is 0.434 e. The van der Waals surface area contributed by atoms with E-state index in [1.54, 1.807) is 0 Å². The van der Waals surface area contributed by atoms with Crippen molar-refractivity contribution in [3.63, 3.8) is 0 Å². The number of aromatic nitrogens is 2. The number of anilines is 1. The zero-order valence-electron chi connectivity index (χ0n) is 16.6. The quantitative estimate of drug-likeness (QED) is 0.635. The molecule has 1 aliphatic rings. The highest BCUT2D eigenvalue weighted by atomic mass is 19.4. The molecule has 0 saturated carbocycles. The number of aliphatic hydroxyl groups excluding tert-OH is 2. The van der Waals surface area contributed by atoms with Crippen LogP contribution in [0.2, 0.25) is 0 Å². The van der Waals surface area contributed by atoms with Crippen molar-refractivity contribution in [2.75, 3.05) is 18.4 Å². The Morgan fingerprint density at radius 2 is 1.82 bits per heavy atom. The van der Waals surface area contributed by atoms with E-state index in [0.29, 0.717) is 24.6 Å². The number of halogens is 3. The average molecular weight is 402 g/mol. The van der Waals surface area contributed by atoms with Crippen LogP contribution in [-0.2, 0) is 6.18 Å². The van der Waals surface area contributed by atoms with Gasteiger partial charge in [-0.2, -0.15) is 13.2 Å². The summed E-state index contributed by atoms with van der Waals surface area (Å²) in [7, 11) is 0. The van der Waals surface area contributed by atoms with E-state index in [0.717, 1.165) is 0 Å². The fraction of sp³-hybridized carbons (Fsp3) is 0.684. The molecule has 1 saturated heterocycles. The number of aliphatic hydroxyl groups is 2. The fourth-order valence-electron chi connectivity index (χ4n) is 2.96. The molecule has 3 N–H and O–H groups in total. The Bertz CT molecular complexity index is 669. The van der Waals surface area contributed by atoms with Gasteiger partial charge in [0.2, 0.25) is 0 Å². The summed E-state index contributed by atoms with van der Waals surface area (Å²) in [5, 5.41) is 23.3. The van der Waals surface area contributed by atoms with Crippen molar-refractivity contribution < 1.29 is 23.4 Å². The lowest BCUT2D eigenvalue weighted by molar-refractivity contribution is -0.141. The van der Waals surface area contributed by atoms with E-state index < -0.39 is 30.1 Å². The van der Waals surface area contributed by atoms with Crippen molar-refractivity contribution in [1.82, 2.24) is 14.9 Å². The van der Waals surface area contributed by atoms with Gasteiger partial charge in [0, 0.05) is 19.1 Å². The summed E-state index contributed by atoms with van der Waals surface area (Å²) in [6.45, 7) is 8.99. The van der Waals surface area contributed by atoms with Gasteiger partial charge in [0.05, 0.1) is 24.5 Å². The molecule has 0 aliphatic carbocycles. The van der Waals surface area contributed by atoms with Crippen LogP contribution in [0.3, 0.4) is 0 Å². The number of hydrogen-bond acceptors (Lipinski definition) is 6. The number of hydrogen-bond donors (Lipinski definition) is 3. The van der Waals surface area contributed by atoms with Crippen molar-refractivity contribution in [3.8, 4) is 0 Å². The molecule has 2 unspecified atom stereocenters. The zero-order valence-corrected chi connectivity index (χ0v) is 16.6. The molecule has 2 heterocycles. The van der Waals surface area contributed by atoms with E-state index in [4.69, 9.17) is 0 Å². The van der Waals surface area contributed by atoms with Crippen LogP contribution in [0.5, 0.6) is 0 Å². The molecule has 9 heteroatoms. The largest absolute Gasteiger partial charge is 0.434 e. The normalized spacial score (nSPS) is 26.6. The number of rotatable bonds is 6. The highest BCUT2D eigenvalue weighted by Gasteiger charge is 2.37. The number of nitrogens with zero attached hydrogens (tertiary/aromatic N) is 3. The van der Waals surface area contributed by atoms with Crippen LogP contribution in [0, 0.1) is 11.8 Å². The number of nitrogens with one attached hydrogen (secondary N) is 1. The van der Waals surface area contributed by atoms with Gasteiger partial charge in [0.25, 0.3) is 0 Å². The SMILES string of the molecule is CC(C)C(C)/C=C\C(C)N1C[C@H](Nc2cncc(C(F)(F)F)n2)[C@@H](O)[C@@H](O)C1. The predicted octanol–water partition coefficient (Wildman–Crippen LogP) is 2.55. The molecule has 0 bridgehead atoms. The van der Waals surface area contributed by atoms with Gasteiger partial charge >= 0.3 is 6.18 Å². The van der Waals surface area contributed by atoms with Crippen molar-refractivity contribution in [2.45, 2.75) is 58.2 Å². The summed E-state index contributed by atoms with van der Waals surface area (Å²) >= 11 is 0. The van der Waals surface area contributed by atoms with Gasteiger partial charge in [0.1, 0.15) is 11.9 Å². The molecule has 6 nitrogen and oxygen atoms in total. The second kappa shape index (κ2) is 9.19. The second-order valence-electron chi connectivity index (χ2n) is 7.78. The van der Waals surface area contributed by atoms with Crippen LogP contribution in [0.15, 0.2) is 24.5 Å². The van der Waals surface area contributed by atoms with Crippen LogP contribution < -0.4 is 5.32 Å². The van der Waals surface area contributed by atoms with Gasteiger partial charge in [-0.05, 0) is 18.8 Å². The zero-order chi connectivity index (χ0) is 21.1. The molecule has 0 amide bonds. The smallest absolute Gasteiger partial charge is 0.389 e. The lowest BCUT2D eigenvalue weighted by Crippen LogP contribution is -2.59. The molecular formula is C19H29F3N4O2. The number of alkyl halides is 3. The summed E-state index contributed by atoms with van der Waals surface area (Å²) in [6, 6.07) is -0.680. The van der Waals surface area contributed by atoms with E-state index in [-0.39, 0.29) is 18.4 Å². The minimum atomic E-state index is -4.60. The molecule has 1 aliphatic heterocycles. The highest BCUT2D eigenvalue weighted by Crippen LogP contribution is 2.28. The summed E-state index contributed by atoms with van der Waals surface area (Å²) in [5.74, 6) is 0.813. The Hall–Kier alpha value is -1.71.